The van der Waals surface area contributed by atoms with E-state index in [0.717, 1.165) is 15.5 Å². The third-order valence-corrected chi connectivity index (χ3v) is 4.08. The number of thiocarbonyl (C=S) groups is 1. The van der Waals surface area contributed by atoms with Gasteiger partial charge in [0.2, 0.25) is 0 Å². The maximum absolute atomic E-state index is 5.64. The van der Waals surface area contributed by atoms with E-state index in [1.165, 1.54) is 15.7 Å². The van der Waals surface area contributed by atoms with Crippen molar-refractivity contribution in [1.29, 1.82) is 0 Å². The molecule has 0 radical (unpaired) electrons. The summed E-state index contributed by atoms with van der Waals surface area (Å²) >= 11 is 7.08. The highest BCUT2D eigenvalue weighted by Gasteiger charge is 2.23. The number of hydrogen-bond donors (Lipinski definition) is 0. The predicted octanol–water partition coefficient (Wildman–Crippen LogP) is 4.02. The molecule has 0 amide bonds. The number of benzene rings is 2. The normalized spacial score (nSPS) is 13.4. The lowest BCUT2D eigenvalue weighted by atomic mass is 10.0. The molecule has 0 spiro atoms. The minimum atomic E-state index is 0.675. The van der Waals surface area contributed by atoms with Gasteiger partial charge in [0.25, 0.3) is 0 Å². The van der Waals surface area contributed by atoms with Gasteiger partial charge in [-0.1, -0.05) is 42.2 Å². The molecule has 3 rings (SSSR count). The summed E-state index contributed by atoms with van der Waals surface area (Å²) in [6, 6.07) is 10.4. The van der Waals surface area contributed by atoms with Crippen LogP contribution < -0.4 is 4.74 Å². The quantitative estimate of drug-likeness (QED) is 0.741. The summed E-state index contributed by atoms with van der Waals surface area (Å²) in [6.07, 6.45) is 0. The van der Waals surface area contributed by atoms with E-state index in [9.17, 15) is 0 Å². The second-order valence-electron chi connectivity index (χ2n) is 3.62. The van der Waals surface area contributed by atoms with E-state index in [1.807, 2.05) is 13.0 Å². The van der Waals surface area contributed by atoms with E-state index in [4.69, 9.17) is 17.0 Å². The van der Waals surface area contributed by atoms with Crippen molar-refractivity contribution in [2.24, 2.45) is 0 Å². The van der Waals surface area contributed by atoms with E-state index < -0.39 is 0 Å². The molecule has 0 aromatic heterocycles. The van der Waals surface area contributed by atoms with E-state index in [-0.39, 0.29) is 0 Å². The van der Waals surface area contributed by atoms with E-state index in [1.54, 1.807) is 11.8 Å². The Kier molecular flexibility index (Phi) is 2.37. The molecule has 0 N–H and O–H groups in total. The molecule has 0 fully saturated rings. The molecule has 1 aliphatic rings. The van der Waals surface area contributed by atoms with E-state index in [0.29, 0.717) is 6.61 Å². The first kappa shape index (κ1) is 10.1. The smallest absolute Gasteiger partial charge is 0.129 e. The lowest BCUT2D eigenvalue weighted by Gasteiger charge is -2.08. The largest absolute Gasteiger partial charge is 0.493 e. The van der Waals surface area contributed by atoms with Gasteiger partial charge in [-0.3, -0.25) is 0 Å². The monoisotopic (exact) mass is 246 g/mol. The number of thioether (sulfide) groups is 1. The molecule has 0 unspecified atom stereocenters. The standard InChI is InChI=1S/C13H10OS2/c1-2-14-9-7-6-8-4-3-5-10-11(8)12(9)13(15)16-10/h3-7H,2H2,1H3. The Morgan fingerprint density at radius 2 is 2.12 bits per heavy atom. The Morgan fingerprint density at radius 1 is 1.25 bits per heavy atom. The van der Waals surface area contributed by atoms with Gasteiger partial charge in [0.15, 0.2) is 0 Å². The fourth-order valence-electron chi connectivity index (χ4n) is 2.04. The van der Waals surface area contributed by atoms with Gasteiger partial charge >= 0.3 is 0 Å². The minimum Gasteiger partial charge on any atom is -0.493 e. The van der Waals surface area contributed by atoms with E-state index in [2.05, 4.69) is 24.3 Å². The first-order chi connectivity index (χ1) is 7.81. The highest BCUT2D eigenvalue weighted by molar-refractivity contribution is 8.24. The lowest BCUT2D eigenvalue weighted by molar-refractivity contribution is 0.340. The van der Waals surface area contributed by atoms with Gasteiger partial charge in [-0.25, -0.2) is 0 Å². The van der Waals surface area contributed by atoms with Crippen LogP contribution in [0.1, 0.15) is 12.5 Å². The van der Waals surface area contributed by atoms with Crippen LogP contribution in [0.2, 0.25) is 0 Å². The van der Waals surface area contributed by atoms with Gasteiger partial charge in [0, 0.05) is 10.3 Å². The van der Waals surface area contributed by atoms with Crippen molar-refractivity contribution in [2.75, 3.05) is 6.61 Å². The molecular formula is C13H10OS2. The summed E-state index contributed by atoms with van der Waals surface area (Å²) in [4.78, 5) is 1.25. The maximum Gasteiger partial charge on any atom is 0.129 e. The molecule has 0 atom stereocenters. The Labute approximate surface area is 104 Å². The van der Waals surface area contributed by atoms with Crippen molar-refractivity contribution in [3.05, 3.63) is 35.9 Å². The number of hydrogen-bond acceptors (Lipinski definition) is 3. The zero-order valence-corrected chi connectivity index (χ0v) is 10.5. The SMILES string of the molecule is CCOc1ccc2cccc3c2c1C(=S)S3. The van der Waals surface area contributed by atoms with Crippen LogP contribution >= 0.6 is 24.0 Å². The van der Waals surface area contributed by atoms with Gasteiger partial charge in [0.1, 0.15) is 5.75 Å². The number of rotatable bonds is 2. The van der Waals surface area contributed by atoms with Crippen molar-refractivity contribution in [2.45, 2.75) is 11.8 Å². The minimum absolute atomic E-state index is 0.675. The van der Waals surface area contributed by atoms with Gasteiger partial charge in [-0.15, -0.1) is 0 Å². The molecule has 2 aromatic rings. The Balaban J connectivity index is 2.37. The lowest BCUT2D eigenvalue weighted by Crippen LogP contribution is -1.97. The molecule has 1 heterocycles. The molecule has 0 saturated carbocycles. The number of ether oxygens (including phenoxy) is 1. The molecule has 1 nitrogen and oxygen atoms in total. The highest BCUT2D eigenvalue weighted by Crippen LogP contribution is 2.44. The molecule has 80 valence electrons. The zero-order chi connectivity index (χ0) is 11.1. The Hall–Kier alpha value is -1.06. The van der Waals surface area contributed by atoms with Crippen LogP contribution in [0.5, 0.6) is 5.75 Å². The molecule has 0 bridgehead atoms. The van der Waals surface area contributed by atoms with Gasteiger partial charge in [-0.05, 0) is 24.4 Å². The van der Waals surface area contributed by atoms with Gasteiger partial charge in [0.05, 0.1) is 16.4 Å². The fraction of sp³-hybridized carbons (Fsp3) is 0.154. The molecule has 0 aliphatic carbocycles. The fourth-order valence-corrected chi connectivity index (χ4v) is 3.49. The predicted molar refractivity (Wildman–Crippen MR) is 72.7 cm³/mol. The molecule has 2 aromatic carbocycles. The molecule has 16 heavy (non-hydrogen) atoms. The van der Waals surface area contributed by atoms with Crippen LogP contribution in [-0.2, 0) is 0 Å². The zero-order valence-electron chi connectivity index (χ0n) is 8.82. The van der Waals surface area contributed by atoms with Crippen molar-refractivity contribution < 1.29 is 4.74 Å². The second kappa shape index (κ2) is 3.75. The van der Waals surface area contributed by atoms with Crippen LogP contribution in [0.15, 0.2) is 35.2 Å². The van der Waals surface area contributed by atoms with Crippen molar-refractivity contribution in [3.8, 4) is 5.75 Å². The Morgan fingerprint density at radius 3 is 2.94 bits per heavy atom. The topological polar surface area (TPSA) is 9.23 Å². The molecule has 3 heteroatoms. The molecule has 0 saturated heterocycles. The third-order valence-electron chi connectivity index (χ3n) is 2.68. The van der Waals surface area contributed by atoms with Crippen molar-refractivity contribution in [1.82, 2.24) is 0 Å². The third kappa shape index (κ3) is 1.35. The first-order valence-corrected chi connectivity index (χ1v) is 6.44. The van der Waals surface area contributed by atoms with Crippen LogP contribution in [-0.4, -0.2) is 10.8 Å². The average Bonchev–Trinajstić information content (AvgIpc) is 2.62. The summed E-state index contributed by atoms with van der Waals surface area (Å²) in [5.41, 5.74) is 1.11. The molecular weight excluding hydrogens is 236 g/mol. The van der Waals surface area contributed by atoms with Crippen LogP contribution in [0, 0.1) is 0 Å². The van der Waals surface area contributed by atoms with Gasteiger partial charge < -0.3 is 4.74 Å². The maximum atomic E-state index is 5.64. The van der Waals surface area contributed by atoms with Crippen molar-refractivity contribution >= 4 is 38.9 Å². The van der Waals surface area contributed by atoms with Crippen molar-refractivity contribution in [3.63, 3.8) is 0 Å². The summed E-state index contributed by atoms with van der Waals surface area (Å²) in [7, 11) is 0. The van der Waals surface area contributed by atoms with Gasteiger partial charge in [-0.2, -0.15) is 0 Å². The summed E-state index contributed by atoms with van der Waals surface area (Å²) in [5.74, 6) is 0.914. The summed E-state index contributed by atoms with van der Waals surface area (Å²) < 4.78 is 6.57. The van der Waals surface area contributed by atoms with Crippen LogP contribution in [0.25, 0.3) is 10.8 Å². The summed E-state index contributed by atoms with van der Waals surface area (Å²) in [5, 5.41) is 2.49. The van der Waals surface area contributed by atoms with E-state index >= 15 is 0 Å². The molecule has 1 aliphatic heterocycles. The second-order valence-corrected chi connectivity index (χ2v) is 5.33. The van der Waals surface area contributed by atoms with Crippen LogP contribution in [0.3, 0.4) is 0 Å². The summed E-state index contributed by atoms with van der Waals surface area (Å²) in [6.45, 7) is 2.67. The average molecular weight is 246 g/mol. The highest BCUT2D eigenvalue weighted by atomic mass is 32.2. The first-order valence-electron chi connectivity index (χ1n) is 5.22. The Bertz CT molecular complexity index is 590. The van der Waals surface area contributed by atoms with Crippen LogP contribution in [0.4, 0.5) is 0 Å².